The number of aryl methyl sites for hydroxylation is 1. The van der Waals surface area contributed by atoms with Crippen molar-refractivity contribution in [2.75, 3.05) is 5.32 Å². The largest absolute Gasteiger partial charge is 0.321 e. The van der Waals surface area contributed by atoms with Crippen LogP contribution >= 0.6 is 0 Å². The highest BCUT2D eigenvalue weighted by Crippen LogP contribution is 2.26. The van der Waals surface area contributed by atoms with Gasteiger partial charge in [0.15, 0.2) is 0 Å². The van der Waals surface area contributed by atoms with Gasteiger partial charge >= 0.3 is 0 Å². The van der Waals surface area contributed by atoms with Crippen molar-refractivity contribution in [3.63, 3.8) is 0 Å². The number of hydrogen-bond donors (Lipinski definition) is 1. The molecular formula is C18H17N3O3. The molecule has 0 aliphatic carbocycles. The van der Waals surface area contributed by atoms with Crippen LogP contribution in [0.1, 0.15) is 50.6 Å². The van der Waals surface area contributed by atoms with E-state index in [4.69, 9.17) is 0 Å². The van der Waals surface area contributed by atoms with Crippen LogP contribution in [0, 0.1) is 6.92 Å². The summed E-state index contributed by atoms with van der Waals surface area (Å²) >= 11 is 0. The van der Waals surface area contributed by atoms with Crippen molar-refractivity contribution >= 4 is 23.4 Å². The quantitative estimate of drug-likeness (QED) is 0.881. The molecule has 24 heavy (non-hydrogen) atoms. The molecule has 0 saturated carbocycles. The van der Waals surface area contributed by atoms with Gasteiger partial charge in [-0.25, -0.2) is 0 Å². The molecule has 2 aromatic rings. The predicted molar refractivity (Wildman–Crippen MR) is 89.0 cm³/mol. The van der Waals surface area contributed by atoms with Crippen molar-refractivity contribution in [2.45, 2.75) is 26.8 Å². The lowest BCUT2D eigenvalue weighted by atomic mass is 10.1. The fraction of sp³-hybridized carbons (Fsp3) is 0.222. The Morgan fingerprint density at radius 1 is 1.08 bits per heavy atom. The maximum atomic E-state index is 12.4. The average molecular weight is 323 g/mol. The first-order valence-electron chi connectivity index (χ1n) is 7.64. The molecule has 0 atom stereocenters. The molecule has 1 aromatic carbocycles. The number of amides is 3. The van der Waals surface area contributed by atoms with Gasteiger partial charge in [0, 0.05) is 17.3 Å². The third-order valence-corrected chi connectivity index (χ3v) is 3.87. The number of anilines is 1. The van der Waals surface area contributed by atoms with Crippen LogP contribution in [0.3, 0.4) is 0 Å². The third-order valence-electron chi connectivity index (χ3n) is 3.87. The van der Waals surface area contributed by atoms with Crippen LogP contribution in [-0.2, 0) is 0 Å². The minimum absolute atomic E-state index is 0.228. The van der Waals surface area contributed by atoms with Crippen LogP contribution in [0.25, 0.3) is 0 Å². The molecule has 122 valence electrons. The number of hydrogen-bond acceptors (Lipinski definition) is 4. The van der Waals surface area contributed by atoms with E-state index in [0.29, 0.717) is 16.8 Å². The number of nitrogens with one attached hydrogen (secondary N) is 1. The Balaban J connectivity index is 1.87. The van der Waals surface area contributed by atoms with Gasteiger partial charge in [0.05, 0.1) is 23.0 Å². The Kier molecular flexibility index (Phi) is 3.89. The zero-order valence-corrected chi connectivity index (χ0v) is 13.7. The van der Waals surface area contributed by atoms with E-state index in [0.717, 1.165) is 5.69 Å². The normalized spacial score (nSPS) is 13.4. The lowest BCUT2D eigenvalue weighted by molar-refractivity contribution is 0.0609. The molecule has 0 bridgehead atoms. The van der Waals surface area contributed by atoms with Crippen LogP contribution < -0.4 is 5.32 Å². The van der Waals surface area contributed by atoms with Crippen molar-refractivity contribution in [3.05, 3.63) is 58.9 Å². The first-order chi connectivity index (χ1) is 11.4. The summed E-state index contributed by atoms with van der Waals surface area (Å²) < 4.78 is 0. The number of pyridine rings is 1. The summed E-state index contributed by atoms with van der Waals surface area (Å²) in [6.07, 6.45) is 1.57. The summed E-state index contributed by atoms with van der Waals surface area (Å²) in [5, 5.41) is 2.73. The molecule has 0 saturated heterocycles. The van der Waals surface area contributed by atoms with E-state index in [-0.39, 0.29) is 29.3 Å². The second kappa shape index (κ2) is 5.88. The average Bonchev–Trinajstić information content (AvgIpc) is 2.80. The van der Waals surface area contributed by atoms with E-state index in [1.165, 1.54) is 17.0 Å². The van der Waals surface area contributed by atoms with E-state index in [1.807, 2.05) is 6.92 Å². The van der Waals surface area contributed by atoms with Crippen LogP contribution in [0.4, 0.5) is 5.69 Å². The predicted octanol–water partition coefficient (Wildman–Crippen LogP) is 2.65. The van der Waals surface area contributed by atoms with Gasteiger partial charge in [-0.15, -0.1) is 0 Å². The van der Waals surface area contributed by atoms with Crippen LogP contribution in [0.5, 0.6) is 0 Å². The lowest BCUT2D eigenvalue weighted by Crippen LogP contribution is -2.35. The van der Waals surface area contributed by atoms with E-state index in [9.17, 15) is 14.4 Å². The van der Waals surface area contributed by atoms with Crippen LogP contribution in [0.2, 0.25) is 0 Å². The SMILES string of the molecule is Cc1ccc(NC(=O)c2ccc3c(c2)C(=O)N(C(C)C)C3=O)cn1. The molecule has 1 aliphatic heterocycles. The minimum Gasteiger partial charge on any atom is -0.321 e. The first-order valence-corrected chi connectivity index (χ1v) is 7.64. The monoisotopic (exact) mass is 323 g/mol. The summed E-state index contributed by atoms with van der Waals surface area (Å²) in [5.74, 6) is -1.04. The maximum absolute atomic E-state index is 12.4. The Morgan fingerprint density at radius 2 is 1.79 bits per heavy atom. The van der Waals surface area contributed by atoms with Crippen LogP contribution in [0.15, 0.2) is 36.5 Å². The number of rotatable bonds is 3. The van der Waals surface area contributed by atoms with Gasteiger partial charge < -0.3 is 5.32 Å². The zero-order chi connectivity index (χ0) is 17.4. The third kappa shape index (κ3) is 2.67. The number of carbonyl (C=O) groups is 3. The molecule has 1 N–H and O–H groups in total. The molecule has 0 unspecified atom stereocenters. The van der Waals surface area contributed by atoms with Crippen molar-refractivity contribution in [1.29, 1.82) is 0 Å². The number of fused-ring (bicyclic) bond motifs is 1. The summed E-state index contributed by atoms with van der Waals surface area (Å²) in [5.41, 5.74) is 2.34. The molecule has 6 heteroatoms. The van der Waals surface area contributed by atoms with E-state index < -0.39 is 0 Å². The molecule has 0 radical (unpaired) electrons. The fourth-order valence-corrected chi connectivity index (χ4v) is 2.61. The number of benzene rings is 1. The Morgan fingerprint density at radius 3 is 2.42 bits per heavy atom. The molecule has 2 heterocycles. The number of carbonyl (C=O) groups excluding carboxylic acids is 3. The number of aromatic nitrogens is 1. The molecule has 1 aliphatic rings. The molecule has 3 amide bonds. The molecule has 3 rings (SSSR count). The maximum Gasteiger partial charge on any atom is 0.261 e. The van der Waals surface area contributed by atoms with Gasteiger partial charge in [0.1, 0.15) is 0 Å². The van der Waals surface area contributed by atoms with Gasteiger partial charge in [0.25, 0.3) is 17.7 Å². The summed E-state index contributed by atoms with van der Waals surface area (Å²) in [6.45, 7) is 5.41. The molecule has 6 nitrogen and oxygen atoms in total. The van der Waals surface area contributed by atoms with E-state index >= 15 is 0 Å². The number of nitrogens with zero attached hydrogens (tertiary/aromatic N) is 2. The smallest absolute Gasteiger partial charge is 0.261 e. The van der Waals surface area contributed by atoms with Crippen molar-refractivity contribution in [1.82, 2.24) is 9.88 Å². The molecule has 0 spiro atoms. The van der Waals surface area contributed by atoms with Gasteiger partial charge in [-0.3, -0.25) is 24.3 Å². The molecule has 1 aromatic heterocycles. The Hall–Kier alpha value is -3.02. The summed E-state index contributed by atoms with van der Waals surface area (Å²) in [7, 11) is 0. The second-order valence-corrected chi connectivity index (χ2v) is 5.98. The van der Waals surface area contributed by atoms with Gasteiger partial charge in [0.2, 0.25) is 0 Å². The highest BCUT2D eigenvalue weighted by atomic mass is 16.2. The zero-order valence-electron chi connectivity index (χ0n) is 13.7. The van der Waals surface area contributed by atoms with Crippen molar-refractivity contribution in [3.8, 4) is 0 Å². The highest BCUT2D eigenvalue weighted by molar-refractivity contribution is 6.22. The van der Waals surface area contributed by atoms with Gasteiger partial charge in [-0.1, -0.05) is 0 Å². The Labute approximate surface area is 139 Å². The fourth-order valence-electron chi connectivity index (χ4n) is 2.61. The van der Waals surface area contributed by atoms with Crippen LogP contribution in [-0.4, -0.2) is 33.6 Å². The van der Waals surface area contributed by atoms with Gasteiger partial charge in [-0.05, 0) is 51.1 Å². The second-order valence-electron chi connectivity index (χ2n) is 5.98. The lowest BCUT2D eigenvalue weighted by Gasteiger charge is -2.17. The highest BCUT2D eigenvalue weighted by Gasteiger charge is 2.37. The summed E-state index contributed by atoms with van der Waals surface area (Å²) in [4.78, 5) is 42.3. The Bertz CT molecular complexity index is 841. The molecule has 0 fully saturated rings. The van der Waals surface area contributed by atoms with Crippen molar-refractivity contribution < 1.29 is 14.4 Å². The van der Waals surface area contributed by atoms with E-state index in [2.05, 4.69) is 10.3 Å². The number of imide groups is 1. The first kappa shape index (κ1) is 15.9. The molecular weight excluding hydrogens is 306 g/mol. The topological polar surface area (TPSA) is 79.4 Å². The summed E-state index contributed by atoms with van der Waals surface area (Å²) in [6, 6.07) is 7.86. The minimum atomic E-state index is -0.364. The van der Waals surface area contributed by atoms with Crippen molar-refractivity contribution in [2.24, 2.45) is 0 Å². The van der Waals surface area contributed by atoms with Gasteiger partial charge in [-0.2, -0.15) is 0 Å². The van der Waals surface area contributed by atoms with E-state index in [1.54, 1.807) is 38.2 Å². The standard InChI is InChI=1S/C18H17N3O3/c1-10(2)21-17(23)14-7-5-12(8-15(14)18(21)24)16(22)20-13-6-4-11(3)19-9-13/h4-10H,1-3H3,(H,20,22).